The number of rotatable bonds is 9. The lowest BCUT2D eigenvalue weighted by molar-refractivity contribution is 0.200. The average molecular weight is 210 g/mol. The largest absolute Gasteiger partial charge is 0.385 e. The molecule has 0 atom stereocenters. The summed E-state index contributed by atoms with van der Waals surface area (Å²) < 4.78 is 9.89. The zero-order valence-electron chi connectivity index (χ0n) is 7.88. The number of hydrogen-bond acceptors (Lipinski definition) is 4. The Morgan fingerprint density at radius 3 is 1.58 bits per heavy atom. The van der Waals surface area contributed by atoms with Gasteiger partial charge in [-0.2, -0.15) is 0 Å². The molecule has 0 amide bonds. The second-order valence-corrected chi connectivity index (χ2v) is 5.04. The SMILES string of the molecule is COCCCSSCCCOC. The van der Waals surface area contributed by atoms with Gasteiger partial charge in [-0.05, 0) is 12.8 Å². The lowest BCUT2D eigenvalue weighted by atomic mass is 10.5. The predicted molar refractivity (Wildman–Crippen MR) is 57.9 cm³/mol. The van der Waals surface area contributed by atoms with E-state index in [9.17, 15) is 0 Å². The van der Waals surface area contributed by atoms with Gasteiger partial charge in [0, 0.05) is 38.9 Å². The van der Waals surface area contributed by atoms with E-state index in [1.807, 2.05) is 21.6 Å². The van der Waals surface area contributed by atoms with Crippen LogP contribution in [0.1, 0.15) is 12.8 Å². The first-order chi connectivity index (χ1) is 5.91. The van der Waals surface area contributed by atoms with E-state index < -0.39 is 0 Å². The van der Waals surface area contributed by atoms with Crippen molar-refractivity contribution in [3.05, 3.63) is 0 Å². The van der Waals surface area contributed by atoms with Crippen LogP contribution in [-0.2, 0) is 9.47 Å². The topological polar surface area (TPSA) is 18.5 Å². The van der Waals surface area contributed by atoms with Crippen LogP contribution >= 0.6 is 21.6 Å². The Balaban J connectivity index is 2.73. The summed E-state index contributed by atoms with van der Waals surface area (Å²) in [5.41, 5.74) is 0. The van der Waals surface area contributed by atoms with Gasteiger partial charge in [-0.1, -0.05) is 21.6 Å². The molecule has 0 saturated carbocycles. The maximum Gasteiger partial charge on any atom is 0.0470 e. The fourth-order valence-electron chi connectivity index (χ4n) is 0.642. The first-order valence-corrected chi connectivity index (χ1v) is 6.63. The average Bonchev–Trinajstić information content (AvgIpc) is 2.10. The predicted octanol–water partition coefficient (Wildman–Crippen LogP) is 2.44. The van der Waals surface area contributed by atoms with Gasteiger partial charge >= 0.3 is 0 Å². The second-order valence-electron chi connectivity index (χ2n) is 2.34. The molecule has 0 unspecified atom stereocenters. The van der Waals surface area contributed by atoms with Crippen molar-refractivity contribution in [2.75, 3.05) is 38.9 Å². The smallest absolute Gasteiger partial charge is 0.0470 e. The zero-order chi connectivity index (χ0) is 9.07. The van der Waals surface area contributed by atoms with Crippen molar-refractivity contribution in [2.24, 2.45) is 0 Å². The maximum atomic E-state index is 4.94. The van der Waals surface area contributed by atoms with Crippen molar-refractivity contribution in [3.8, 4) is 0 Å². The van der Waals surface area contributed by atoms with Crippen molar-refractivity contribution in [2.45, 2.75) is 12.8 Å². The van der Waals surface area contributed by atoms with Crippen LogP contribution in [0.5, 0.6) is 0 Å². The van der Waals surface area contributed by atoms with Crippen LogP contribution in [-0.4, -0.2) is 38.9 Å². The molecule has 0 aromatic carbocycles. The van der Waals surface area contributed by atoms with Crippen molar-refractivity contribution >= 4 is 21.6 Å². The molecule has 0 aliphatic rings. The van der Waals surface area contributed by atoms with Gasteiger partial charge in [0.25, 0.3) is 0 Å². The normalized spacial score (nSPS) is 10.5. The molecule has 0 aromatic heterocycles. The van der Waals surface area contributed by atoms with Crippen LogP contribution in [0.3, 0.4) is 0 Å². The van der Waals surface area contributed by atoms with E-state index in [0.717, 1.165) is 26.1 Å². The fraction of sp³-hybridized carbons (Fsp3) is 1.00. The molecular weight excluding hydrogens is 192 g/mol. The number of methoxy groups -OCH3 is 2. The number of ether oxygens (including phenoxy) is 2. The minimum atomic E-state index is 0.881. The van der Waals surface area contributed by atoms with E-state index in [-0.39, 0.29) is 0 Å². The molecule has 0 N–H and O–H groups in total. The molecule has 0 saturated heterocycles. The van der Waals surface area contributed by atoms with Gasteiger partial charge < -0.3 is 9.47 Å². The Bertz CT molecular complexity index is 71.5. The molecule has 0 heterocycles. The Morgan fingerprint density at radius 1 is 0.833 bits per heavy atom. The summed E-state index contributed by atoms with van der Waals surface area (Å²) in [4.78, 5) is 0. The van der Waals surface area contributed by atoms with Gasteiger partial charge in [-0.3, -0.25) is 0 Å². The standard InChI is InChI=1S/C8H18O2S2/c1-9-5-3-7-11-12-8-4-6-10-2/h3-8H2,1-2H3. The molecule has 0 aliphatic carbocycles. The molecule has 0 aliphatic heterocycles. The molecule has 74 valence electrons. The van der Waals surface area contributed by atoms with E-state index in [0.29, 0.717) is 0 Å². The molecule has 0 rings (SSSR count). The van der Waals surface area contributed by atoms with Gasteiger partial charge in [0.15, 0.2) is 0 Å². The van der Waals surface area contributed by atoms with Crippen LogP contribution < -0.4 is 0 Å². The second kappa shape index (κ2) is 11.6. The highest BCUT2D eigenvalue weighted by molar-refractivity contribution is 8.76. The molecular formula is C8H18O2S2. The lowest BCUT2D eigenvalue weighted by Gasteiger charge is -2.00. The van der Waals surface area contributed by atoms with E-state index in [2.05, 4.69) is 0 Å². The van der Waals surface area contributed by atoms with Gasteiger partial charge in [0.2, 0.25) is 0 Å². The summed E-state index contributed by atoms with van der Waals surface area (Å²) in [7, 11) is 7.34. The summed E-state index contributed by atoms with van der Waals surface area (Å²) in [6.07, 6.45) is 2.30. The van der Waals surface area contributed by atoms with Gasteiger partial charge in [-0.25, -0.2) is 0 Å². The molecule has 12 heavy (non-hydrogen) atoms. The summed E-state index contributed by atoms with van der Waals surface area (Å²) in [6, 6.07) is 0. The van der Waals surface area contributed by atoms with Gasteiger partial charge in [0.05, 0.1) is 0 Å². The molecule has 4 heteroatoms. The van der Waals surface area contributed by atoms with Crippen molar-refractivity contribution in [1.29, 1.82) is 0 Å². The molecule has 0 bridgehead atoms. The molecule has 0 fully saturated rings. The van der Waals surface area contributed by atoms with Crippen molar-refractivity contribution in [1.82, 2.24) is 0 Å². The van der Waals surface area contributed by atoms with Crippen LogP contribution in [0.25, 0.3) is 0 Å². The highest BCUT2D eigenvalue weighted by Gasteiger charge is 1.90. The summed E-state index contributed by atoms with van der Waals surface area (Å²) in [6.45, 7) is 1.76. The Morgan fingerprint density at radius 2 is 1.25 bits per heavy atom. The summed E-state index contributed by atoms with van der Waals surface area (Å²) >= 11 is 0. The highest BCUT2D eigenvalue weighted by Crippen LogP contribution is 2.22. The first kappa shape index (κ1) is 12.6. The van der Waals surface area contributed by atoms with E-state index in [1.54, 1.807) is 14.2 Å². The summed E-state index contributed by atoms with van der Waals surface area (Å²) in [5, 5.41) is 0. The quantitative estimate of drug-likeness (QED) is 0.429. The fourth-order valence-corrected chi connectivity index (χ4v) is 2.76. The molecule has 0 radical (unpaired) electrons. The monoisotopic (exact) mass is 210 g/mol. The van der Waals surface area contributed by atoms with Crippen LogP contribution in [0, 0.1) is 0 Å². The number of hydrogen-bond donors (Lipinski definition) is 0. The minimum Gasteiger partial charge on any atom is -0.385 e. The van der Waals surface area contributed by atoms with E-state index >= 15 is 0 Å². The van der Waals surface area contributed by atoms with Crippen LogP contribution in [0.2, 0.25) is 0 Å². The zero-order valence-corrected chi connectivity index (χ0v) is 9.51. The Hall–Kier alpha value is 0.620. The highest BCUT2D eigenvalue weighted by atomic mass is 33.1. The van der Waals surface area contributed by atoms with E-state index in [4.69, 9.17) is 9.47 Å². The minimum absolute atomic E-state index is 0.881. The van der Waals surface area contributed by atoms with Crippen molar-refractivity contribution in [3.63, 3.8) is 0 Å². The summed E-state index contributed by atoms with van der Waals surface area (Å²) in [5.74, 6) is 2.37. The molecule has 0 aromatic rings. The van der Waals surface area contributed by atoms with Crippen LogP contribution in [0.15, 0.2) is 0 Å². The van der Waals surface area contributed by atoms with E-state index in [1.165, 1.54) is 11.5 Å². The van der Waals surface area contributed by atoms with Crippen molar-refractivity contribution < 1.29 is 9.47 Å². The first-order valence-electron chi connectivity index (χ1n) is 4.14. The third-order valence-electron chi connectivity index (χ3n) is 1.24. The third kappa shape index (κ3) is 10.6. The Labute approximate surface area is 83.2 Å². The van der Waals surface area contributed by atoms with Gasteiger partial charge in [0.1, 0.15) is 0 Å². The third-order valence-corrected chi connectivity index (χ3v) is 3.81. The molecule has 2 nitrogen and oxygen atoms in total. The van der Waals surface area contributed by atoms with Crippen LogP contribution in [0.4, 0.5) is 0 Å². The Kier molecular flexibility index (Phi) is 12.2. The van der Waals surface area contributed by atoms with Gasteiger partial charge in [-0.15, -0.1) is 0 Å². The maximum absolute atomic E-state index is 4.94. The molecule has 0 spiro atoms. The lowest BCUT2D eigenvalue weighted by Crippen LogP contribution is -1.91.